The van der Waals surface area contributed by atoms with Gasteiger partial charge in [0, 0.05) is 29.8 Å². The Morgan fingerprint density at radius 2 is 1.34 bits per heavy atom. The van der Waals surface area contributed by atoms with Gasteiger partial charge in [0.05, 0.1) is 19.3 Å². The van der Waals surface area contributed by atoms with Crippen LogP contribution in [0, 0.1) is 0 Å². The number of aliphatic hydroxyl groups excluding tert-OH is 5. The molecular weight excluding hydrogens is 864 g/mol. The third kappa shape index (κ3) is 11.2. The maximum absolute atomic E-state index is 12.8. The van der Waals surface area contributed by atoms with Crippen LogP contribution in [0.3, 0.4) is 0 Å². The number of aliphatic hydroxyl groups is 5. The summed E-state index contributed by atoms with van der Waals surface area (Å²) >= 11 is 0. The predicted molar refractivity (Wildman–Crippen MR) is 222 cm³/mol. The van der Waals surface area contributed by atoms with Crippen LogP contribution < -0.4 is 5.43 Å². The van der Waals surface area contributed by atoms with E-state index in [0.29, 0.717) is 16.7 Å². The molecule has 0 aliphatic carbocycles. The molecular formula is C44H46O21. The van der Waals surface area contributed by atoms with E-state index in [1.807, 2.05) is 0 Å². The minimum Gasteiger partial charge on any atom is -0.508 e. The second kappa shape index (κ2) is 20.5. The van der Waals surface area contributed by atoms with Crippen molar-refractivity contribution in [3.05, 3.63) is 100 Å². The largest absolute Gasteiger partial charge is 0.508 e. The van der Waals surface area contributed by atoms with Gasteiger partial charge < -0.3 is 94.5 Å². The van der Waals surface area contributed by atoms with Crippen LogP contribution in [0.4, 0.5) is 0 Å². The highest BCUT2D eigenvalue weighted by molar-refractivity contribution is 5.87. The van der Waals surface area contributed by atoms with E-state index in [2.05, 4.69) is 0 Å². The zero-order valence-electron chi connectivity index (χ0n) is 34.1. The number of phenols is 8. The van der Waals surface area contributed by atoms with Gasteiger partial charge in [0.25, 0.3) is 0 Å². The van der Waals surface area contributed by atoms with E-state index in [-0.39, 0.29) is 70.0 Å². The zero-order valence-corrected chi connectivity index (χ0v) is 34.1. The fraction of sp³-hybridized carbons (Fsp3) is 0.318. The fourth-order valence-corrected chi connectivity index (χ4v) is 6.83. The summed E-state index contributed by atoms with van der Waals surface area (Å²) in [5, 5.41) is 128. The van der Waals surface area contributed by atoms with Crippen LogP contribution >= 0.6 is 0 Å². The smallest absolute Gasteiger partial charge is 0.331 e. The second-order valence-electron chi connectivity index (χ2n) is 14.9. The molecule has 2 fully saturated rings. The van der Waals surface area contributed by atoms with Gasteiger partial charge in [0.15, 0.2) is 58.6 Å². The Morgan fingerprint density at radius 1 is 0.677 bits per heavy atom. The Morgan fingerprint density at radius 3 is 2.00 bits per heavy atom. The van der Waals surface area contributed by atoms with Crippen molar-refractivity contribution >= 4 is 23.0 Å². The summed E-state index contributed by atoms with van der Waals surface area (Å²) in [5.41, 5.74) is 0.809. The highest BCUT2D eigenvalue weighted by Crippen LogP contribution is 2.35. The van der Waals surface area contributed by atoms with Crippen molar-refractivity contribution in [1.29, 1.82) is 0 Å². The number of ether oxygens (including phenoxy) is 5. The second-order valence-corrected chi connectivity index (χ2v) is 14.9. The van der Waals surface area contributed by atoms with Crippen LogP contribution in [-0.4, -0.2) is 147 Å². The van der Waals surface area contributed by atoms with Gasteiger partial charge in [-0.3, -0.25) is 4.79 Å². The van der Waals surface area contributed by atoms with E-state index in [9.17, 15) is 76.0 Å². The van der Waals surface area contributed by atoms with Crippen molar-refractivity contribution in [3.63, 3.8) is 0 Å². The average Bonchev–Trinajstić information content (AvgIpc) is 3.26. The van der Waals surface area contributed by atoms with Gasteiger partial charge in [-0.1, -0.05) is 12.1 Å². The summed E-state index contributed by atoms with van der Waals surface area (Å²) in [5.74, 6) is -3.53. The van der Waals surface area contributed by atoms with Gasteiger partial charge >= 0.3 is 5.97 Å². The molecule has 0 spiro atoms. The summed E-state index contributed by atoms with van der Waals surface area (Å²) in [6.07, 6.45) is -12.6. The molecule has 0 amide bonds. The van der Waals surface area contributed by atoms with Gasteiger partial charge in [-0.05, 0) is 73.0 Å². The van der Waals surface area contributed by atoms with E-state index in [4.69, 9.17) is 28.1 Å². The Bertz CT molecular complexity index is 2560. The molecule has 0 saturated carbocycles. The molecule has 5 aromatic rings. The van der Waals surface area contributed by atoms with Crippen molar-refractivity contribution in [1.82, 2.24) is 0 Å². The number of benzene rings is 4. The third-order valence-electron chi connectivity index (χ3n) is 10.3. The summed E-state index contributed by atoms with van der Waals surface area (Å²) in [4.78, 5) is 24.8. The van der Waals surface area contributed by atoms with Crippen molar-refractivity contribution in [3.8, 4) is 57.3 Å². The Kier molecular flexibility index (Phi) is 15.0. The number of rotatable bonds is 11. The van der Waals surface area contributed by atoms with Crippen LogP contribution in [0.1, 0.15) is 18.1 Å². The van der Waals surface area contributed by atoms with Crippen LogP contribution in [0.25, 0.3) is 28.4 Å². The first-order valence-electron chi connectivity index (χ1n) is 19.7. The molecule has 0 radical (unpaired) electrons. The van der Waals surface area contributed by atoms with Gasteiger partial charge in [-0.2, -0.15) is 0 Å². The SMILES string of the molecule is C[C@@H]1O[C@@H](O[C@@H]2[C@@H](O)[C@H](OCCc3ccc(O)c(O)c3)O[C@H](CO)[C@H]2OC(=O)/C=C/c2ccc(O)c(O)c2)[C@H](O)[C@H](O)[C@H]1O.O=c1cc(-c2ccc(O)c(O)c2)oc2cc(O)cc(O)c12. The molecule has 2 aliphatic rings. The molecule has 1 aromatic heterocycles. The maximum atomic E-state index is 12.8. The molecule has 2 aliphatic heterocycles. The van der Waals surface area contributed by atoms with Crippen molar-refractivity contribution in [2.45, 2.75) is 74.8 Å². The Labute approximate surface area is 367 Å². The summed E-state index contributed by atoms with van der Waals surface area (Å²) < 4.78 is 33.7. The van der Waals surface area contributed by atoms with Crippen LogP contribution in [-0.2, 0) is 34.9 Å². The summed E-state index contributed by atoms with van der Waals surface area (Å²) in [6.45, 7) is 0.606. The van der Waals surface area contributed by atoms with Crippen molar-refractivity contribution < 1.29 is 99.3 Å². The monoisotopic (exact) mass is 910 g/mol. The quantitative estimate of drug-likeness (QED) is 0.0504. The Balaban J connectivity index is 0.000000276. The lowest BCUT2D eigenvalue weighted by molar-refractivity contribution is -0.357. The van der Waals surface area contributed by atoms with Crippen LogP contribution in [0.5, 0.6) is 46.0 Å². The molecule has 21 heteroatoms. The summed E-state index contributed by atoms with van der Waals surface area (Å²) in [6, 6.07) is 15.4. The standard InChI is InChI=1S/C29H36O15.C15H10O6/c1-13-22(36)23(37)24(38)29(41-13)44-27-25(39)28(40-9-8-15-3-6-17(32)19(34)11-15)42-20(12-30)26(27)43-21(35)7-4-14-2-5-16(31)18(33)10-14;16-8-4-11(19)15-12(20)6-13(21-14(15)5-8)7-1-2-9(17)10(18)3-7/h2-7,10-11,13,20,22-34,36-39H,8-9,12H2,1H3;1-6,16-19H/b7-4+;/t13-,20+,22-,23+,24+,25+,26+,27+,28+,29-;/m0./s1. The summed E-state index contributed by atoms with van der Waals surface area (Å²) in [7, 11) is 0. The molecule has 2 saturated heterocycles. The fourth-order valence-electron chi connectivity index (χ4n) is 6.83. The molecule has 13 N–H and O–H groups in total. The maximum Gasteiger partial charge on any atom is 0.331 e. The van der Waals surface area contributed by atoms with E-state index in [0.717, 1.165) is 18.2 Å². The third-order valence-corrected chi connectivity index (χ3v) is 10.3. The van der Waals surface area contributed by atoms with E-state index in [1.165, 1.54) is 67.6 Å². The van der Waals surface area contributed by atoms with Crippen LogP contribution in [0.15, 0.2) is 88.1 Å². The molecule has 0 bridgehead atoms. The lowest BCUT2D eigenvalue weighted by atomic mass is 9.97. The zero-order chi connectivity index (χ0) is 47.3. The number of aromatic hydroxyl groups is 8. The normalized spacial score (nSPS) is 25.5. The number of carbonyl (C=O) groups excluding carboxylic acids is 1. The first-order valence-corrected chi connectivity index (χ1v) is 19.7. The minimum absolute atomic E-state index is 0.0163. The first-order chi connectivity index (χ1) is 30.8. The van der Waals surface area contributed by atoms with Crippen LogP contribution in [0.2, 0.25) is 0 Å². The number of hydrogen-bond acceptors (Lipinski definition) is 21. The first kappa shape index (κ1) is 47.8. The van der Waals surface area contributed by atoms with Crippen molar-refractivity contribution in [2.75, 3.05) is 13.2 Å². The highest BCUT2D eigenvalue weighted by atomic mass is 16.7. The van der Waals surface area contributed by atoms with E-state index >= 15 is 0 Å². The highest BCUT2D eigenvalue weighted by Gasteiger charge is 2.52. The van der Waals surface area contributed by atoms with Gasteiger partial charge in [-0.25, -0.2) is 4.79 Å². The average molecular weight is 911 g/mol. The Hall–Kier alpha value is -6.66. The number of carbonyl (C=O) groups is 1. The lowest BCUT2D eigenvalue weighted by Gasteiger charge is -2.46. The van der Waals surface area contributed by atoms with Crippen molar-refractivity contribution in [2.24, 2.45) is 0 Å². The molecule has 7 rings (SSSR count). The number of esters is 1. The molecule has 10 atom stereocenters. The molecule has 0 unspecified atom stereocenters. The molecule has 65 heavy (non-hydrogen) atoms. The lowest BCUT2D eigenvalue weighted by Crippen LogP contribution is -2.65. The topological polar surface area (TPSA) is 356 Å². The number of phenolic OH excluding ortho intramolecular Hbond substituents is 8. The van der Waals surface area contributed by atoms with Gasteiger partial charge in [-0.15, -0.1) is 0 Å². The minimum atomic E-state index is -1.77. The number of hydrogen-bond donors (Lipinski definition) is 13. The van der Waals surface area contributed by atoms with E-state index in [1.54, 1.807) is 6.07 Å². The van der Waals surface area contributed by atoms with Gasteiger partial charge in [0.2, 0.25) is 0 Å². The molecule has 348 valence electrons. The molecule has 3 heterocycles. The molecule has 21 nitrogen and oxygen atoms in total. The molecule has 4 aromatic carbocycles. The predicted octanol–water partition coefficient (Wildman–Crippen LogP) is 1.27. The van der Waals surface area contributed by atoms with E-state index < -0.39 is 85.2 Å². The number of fused-ring (bicyclic) bond motifs is 1. The van der Waals surface area contributed by atoms with Gasteiger partial charge in [0.1, 0.15) is 64.9 Å².